The molecule has 112 valence electrons. The zero-order valence-electron chi connectivity index (χ0n) is 12.1. The molecule has 0 spiro atoms. The van der Waals surface area contributed by atoms with E-state index in [0.29, 0.717) is 16.8 Å². The molecule has 7 heteroatoms. The van der Waals surface area contributed by atoms with Crippen molar-refractivity contribution in [3.63, 3.8) is 0 Å². The molecule has 0 aliphatic heterocycles. The molecule has 2 heterocycles. The third-order valence-corrected chi connectivity index (χ3v) is 5.20. The molecule has 3 aromatic rings. The smallest absolute Gasteiger partial charge is 0.252 e. The van der Waals surface area contributed by atoms with Gasteiger partial charge in [0.15, 0.2) is 4.34 Å². The Hall–Kier alpha value is -2.12. The predicted molar refractivity (Wildman–Crippen MR) is 92.2 cm³/mol. The van der Waals surface area contributed by atoms with Gasteiger partial charge in [0.25, 0.3) is 5.91 Å². The van der Waals surface area contributed by atoms with E-state index in [2.05, 4.69) is 15.3 Å². The molecule has 3 rings (SSSR count). The number of fused-ring (bicyclic) bond motifs is 1. The molecule has 0 aliphatic carbocycles. The molecule has 0 bridgehead atoms. The van der Waals surface area contributed by atoms with Crippen LogP contribution in [0.4, 0.5) is 11.4 Å². The number of rotatable bonds is 4. The normalized spacial score (nSPS) is 10.8. The highest BCUT2D eigenvalue weighted by Crippen LogP contribution is 2.34. The molecule has 3 N–H and O–H groups in total. The highest BCUT2D eigenvalue weighted by molar-refractivity contribution is 8.00. The third kappa shape index (κ3) is 2.65. The molecule has 0 aliphatic rings. The van der Waals surface area contributed by atoms with Crippen LogP contribution in [0, 0.1) is 6.92 Å². The van der Waals surface area contributed by atoms with Gasteiger partial charge in [-0.3, -0.25) is 4.79 Å². The summed E-state index contributed by atoms with van der Waals surface area (Å²) < 4.78 is 0.900. The molecule has 0 saturated heterocycles. The zero-order valence-corrected chi connectivity index (χ0v) is 13.7. The Morgan fingerprint density at radius 2 is 2.14 bits per heavy atom. The average Bonchev–Trinajstić information content (AvgIpc) is 2.93. The minimum atomic E-state index is -0.524. The zero-order chi connectivity index (χ0) is 15.7. The van der Waals surface area contributed by atoms with Gasteiger partial charge in [-0.05, 0) is 24.8 Å². The average molecular weight is 330 g/mol. The van der Waals surface area contributed by atoms with E-state index in [9.17, 15) is 4.79 Å². The second-order valence-electron chi connectivity index (χ2n) is 4.69. The fraction of sp³-hybridized carbons (Fsp3) is 0.133. The van der Waals surface area contributed by atoms with Crippen LogP contribution in [-0.2, 0) is 0 Å². The van der Waals surface area contributed by atoms with Crippen LogP contribution in [0.2, 0.25) is 0 Å². The summed E-state index contributed by atoms with van der Waals surface area (Å²) in [5.74, 6) is -0.524. The highest BCUT2D eigenvalue weighted by Gasteiger charge is 2.17. The summed E-state index contributed by atoms with van der Waals surface area (Å²) in [6.45, 7) is 2.00. The number of thiazole rings is 1. The Bertz CT molecular complexity index is 860. The minimum absolute atomic E-state index is 0.341. The van der Waals surface area contributed by atoms with Gasteiger partial charge in [0.2, 0.25) is 0 Å². The molecule has 0 atom stereocenters. The number of nitrogens with zero attached hydrogens (tertiary/aromatic N) is 2. The van der Waals surface area contributed by atoms with E-state index in [1.807, 2.05) is 37.4 Å². The van der Waals surface area contributed by atoms with Gasteiger partial charge in [-0.1, -0.05) is 41.3 Å². The molecular formula is C15H14N4OS2. The van der Waals surface area contributed by atoms with Gasteiger partial charge < -0.3 is 11.1 Å². The highest BCUT2D eigenvalue weighted by atomic mass is 32.2. The van der Waals surface area contributed by atoms with Crippen molar-refractivity contribution in [2.45, 2.75) is 11.3 Å². The number of nitrogens with two attached hydrogens (primary N) is 1. The van der Waals surface area contributed by atoms with E-state index < -0.39 is 5.91 Å². The van der Waals surface area contributed by atoms with Crippen LogP contribution >= 0.6 is 23.1 Å². The maximum Gasteiger partial charge on any atom is 0.252 e. The van der Waals surface area contributed by atoms with Crippen LogP contribution in [-0.4, -0.2) is 22.1 Å². The largest absolute Gasteiger partial charge is 0.365 e. The molecule has 1 amide bonds. The van der Waals surface area contributed by atoms with Gasteiger partial charge in [0.05, 0.1) is 11.3 Å². The summed E-state index contributed by atoms with van der Waals surface area (Å²) in [7, 11) is 0. The number of hydrogen-bond donors (Lipinski definition) is 2. The number of carbonyl (C=O) groups is 1. The van der Waals surface area contributed by atoms with Crippen LogP contribution in [0.15, 0.2) is 34.8 Å². The predicted octanol–water partition coefficient (Wildman–Crippen LogP) is 3.56. The van der Waals surface area contributed by atoms with Crippen molar-refractivity contribution >= 4 is 50.7 Å². The first kappa shape index (κ1) is 14.8. The summed E-state index contributed by atoms with van der Waals surface area (Å²) in [6, 6.07) is 7.85. The fourth-order valence-corrected chi connectivity index (χ4v) is 3.51. The first-order chi connectivity index (χ1) is 10.6. The van der Waals surface area contributed by atoms with E-state index in [-0.39, 0.29) is 0 Å². The summed E-state index contributed by atoms with van der Waals surface area (Å²) in [6.07, 6.45) is 3.47. The summed E-state index contributed by atoms with van der Waals surface area (Å²) >= 11 is 3.05. The summed E-state index contributed by atoms with van der Waals surface area (Å²) in [4.78, 5) is 21.4. The van der Waals surface area contributed by atoms with Crippen molar-refractivity contribution in [2.24, 2.45) is 5.73 Å². The Morgan fingerprint density at radius 3 is 2.82 bits per heavy atom. The number of primary amides is 1. The molecular weight excluding hydrogens is 316 g/mol. The number of hydrogen-bond acceptors (Lipinski definition) is 6. The second-order valence-corrected chi connectivity index (χ2v) is 6.72. The first-order valence-electron chi connectivity index (χ1n) is 6.56. The second kappa shape index (κ2) is 5.94. The fourth-order valence-electron chi connectivity index (χ4n) is 2.11. The maximum atomic E-state index is 11.7. The van der Waals surface area contributed by atoms with Crippen LogP contribution in [0.3, 0.4) is 0 Å². The van der Waals surface area contributed by atoms with Gasteiger partial charge in [0.1, 0.15) is 10.3 Å². The molecule has 0 radical (unpaired) electrons. The number of anilines is 2. The van der Waals surface area contributed by atoms with E-state index in [1.165, 1.54) is 17.5 Å². The number of aromatic nitrogens is 2. The molecule has 22 heavy (non-hydrogen) atoms. The molecule has 0 unspecified atom stereocenters. The van der Waals surface area contributed by atoms with Crippen molar-refractivity contribution in [2.75, 3.05) is 11.6 Å². The number of pyridine rings is 1. The molecule has 1 aromatic carbocycles. The van der Waals surface area contributed by atoms with E-state index in [1.54, 1.807) is 11.8 Å². The summed E-state index contributed by atoms with van der Waals surface area (Å²) in [5.41, 5.74) is 9.10. The third-order valence-electron chi connectivity index (χ3n) is 3.25. The number of amides is 1. The number of para-hydroxylation sites is 1. The van der Waals surface area contributed by atoms with Crippen LogP contribution in [0.5, 0.6) is 0 Å². The Balaban J connectivity index is 2.20. The standard InChI is InChI=1S/C15H14N4OS2/c1-8-5-3-4-6-10(8)18-11-9(13(16)20)7-17-14-12(11)19-15(21-2)22-14/h3-7H,1-2H3,(H2,16,20)(H,17,18). The lowest BCUT2D eigenvalue weighted by Gasteiger charge is -2.12. The lowest BCUT2D eigenvalue weighted by Crippen LogP contribution is -2.14. The minimum Gasteiger partial charge on any atom is -0.365 e. The Morgan fingerprint density at radius 1 is 1.36 bits per heavy atom. The van der Waals surface area contributed by atoms with Gasteiger partial charge in [-0.15, -0.1) is 0 Å². The van der Waals surface area contributed by atoms with Gasteiger partial charge in [0, 0.05) is 11.9 Å². The van der Waals surface area contributed by atoms with E-state index in [0.717, 1.165) is 20.4 Å². The molecule has 2 aromatic heterocycles. The number of benzene rings is 1. The van der Waals surface area contributed by atoms with Gasteiger partial charge in [-0.25, -0.2) is 9.97 Å². The monoisotopic (exact) mass is 330 g/mol. The lowest BCUT2D eigenvalue weighted by atomic mass is 10.1. The summed E-state index contributed by atoms with van der Waals surface area (Å²) in [5, 5.41) is 3.30. The van der Waals surface area contributed by atoms with Gasteiger partial charge >= 0.3 is 0 Å². The van der Waals surface area contributed by atoms with E-state index >= 15 is 0 Å². The van der Waals surface area contributed by atoms with Crippen molar-refractivity contribution in [3.05, 3.63) is 41.6 Å². The SMILES string of the molecule is CSc1nc2c(Nc3ccccc3C)c(C(N)=O)cnc2s1. The van der Waals surface area contributed by atoms with Crippen LogP contribution in [0.25, 0.3) is 10.3 Å². The van der Waals surface area contributed by atoms with Crippen molar-refractivity contribution in [3.8, 4) is 0 Å². The Labute approximate surface area is 136 Å². The number of nitrogens with one attached hydrogen (secondary N) is 1. The first-order valence-corrected chi connectivity index (χ1v) is 8.60. The molecule has 0 fully saturated rings. The van der Waals surface area contributed by atoms with Crippen LogP contribution in [0.1, 0.15) is 15.9 Å². The van der Waals surface area contributed by atoms with Crippen molar-refractivity contribution < 1.29 is 4.79 Å². The van der Waals surface area contributed by atoms with Crippen molar-refractivity contribution in [1.82, 2.24) is 9.97 Å². The van der Waals surface area contributed by atoms with Gasteiger partial charge in [-0.2, -0.15) is 0 Å². The quantitative estimate of drug-likeness (QED) is 0.715. The number of aryl methyl sites for hydroxylation is 1. The Kier molecular flexibility index (Phi) is 4.00. The topological polar surface area (TPSA) is 80.9 Å². The molecule has 0 saturated carbocycles. The number of thioether (sulfide) groups is 1. The molecule has 5 nitrogen and oxygen atoms in total. The van der Waals surface area contributed by atoms with E-state index in [4.69, 9.17) is 5.73 Å². The van der Waals surface area contributed by atoms with Crippen LogP contribution < -0.4 is 11.1 Å². The van der Waals surface area contributed by atoms with Crippen molar-refractivity contribution in [1.29, 1.82) is 0 Å². The number of carbonyl (C=O) groups excluding carboxylic acids is 1. The maximum absolute atomic E-state index is 11.7. The lowest BCUT2D eigenvalue weighted by molar-refractivity contribution is 0.100.